The molecule has 1 aliphatic carbocycles. The molecule has 0 atom stereocenters. The molecule has 0 N–H and O–H groups in total. The van der Waals surface area contributed by atoms with Gasteiger partial charge in [-0.25, -0.2) is 9.69 Å². The second kappa shape index (κ2) is 6.46. The smallest absolute Gasteiger partial charge is 0.417 e. The summed E-state index contributed by atoms with van der Waals surface area (Å²) in [7, 11) is 0. The molecule has 114 valence electrons. The Morgan fingerprint density at radius 2 is 1.77 bits per heavy atom. The second-order valence-corrected chi connectivity index (χ2v) is 5.49. The zero-order valence-corrected chi connectivity index (χ0v) is 13.0. The first-order valence-electron chi connectivity index (χ1n) is 6.70. The van der Waals surface area contributed by atoms with Crippen LogP contribution < -0.4 is 4.90 Å². The average Bonchev–Trinajstić information content (AvgIpc) is 3.30. The number of anilines is 1. The zero-order valence-electron chi connectivity index (χ0n) is 11.4. The SMILES string of the molecule is O=C(OCc1ccccc1)N(c1nc(Cl)nc(Cl)n1)C1CC1. The molecule has 3 rings (SSSR count). The molecular formula is C14H12Cl2N4O2. The van der Waals surface area contributed by atoms with E-state index in [9.17, 15) is 4.79 Å². The first-order valence-corrected chi connectivity index (χ1v) is 7.46. The van der Waals surface area contributed by atoms with Gasteiger partial charge in [0.15, 0.2) is 0 Å². The van der Waals surface area contributed by atoms with E-state index in [4.69, 9.17) is 27.9 Å². The predicted molar refractivity (Wildman–Crippen MR) is 82.0 cm³/mol. The molecule has 1 amide bonds. The van der Waals surface area contributed by atoms with E-state index in [0.29, 0.717) is 0 Å². The zero-order chi connectivity index (χ0) is 15.5. The van der Waals surface area contributed by atoms with E-state index in [-0.39, 0.29) is 29.2 Å². The van der Waals surface area contributed by atoms with Crippen LogP contribution in [-0.2, 0) is 11.3 Å². The lowest BCUT2D eigenvalue weighted by atomic mass is 10.2. The summed E-state index contributed by atoms with van der Waals surface area (Å²) in [6.07, 6.45) is 1.20. The average molecular weight is 339 g/mol. The Morgan fingerprint density at radius 3 is 2.36 bits per heavy atom. The molecule has 1 saturated carbocycles. The highest BCUT2D eigenvalue weighted by molar-refractivity contribution is 6.31. The number of carbonyl (C=O) groups excluding carboxylic acids is 1. The second-order valence-electron chi connectivity index (χ2n) is 4.81. The van der Waals surface area contributed by atoms with Crippen molar-refractivity contribution in [2.45, 2.75) is 25.5 Å². The Labute approximate surface area is 137 Å². The van der Waals surface area contributed by atoms with Gasteiger partial charge in [0.25, 0.3) is 0 Å². The van der Waals surface area contributed by atoms with Crippen molar-refractivity contribution in [3.05, 3.63) is 46.5 Å². The molecule has 1 aromatic carbocycles. The molecule has 0 bridgehead atoms. The highest BCUT2D eigenvalue weighted by atomic mass is 35.5. The normalized spacial score (nSPS) is 13.7. The number of nitrogens with zero attached hydrogens (tertiary/aromatic N) is 4. The molecule has 2 aromatic rings. The van der Waals surface area contributed by atoms with Gasteiger partial charge in [0.05, 0.1) is 0 Å². The fraction of sp³-hybridized carbons (Fsp3) is 0.286. The predicted octanol–water partition coefficient (Wildman–Crippen LogP) is 3.48. The van der Waals surface area contributed by atoms with Crippen LogP contribution in [0.25, 0.3) is 0 Å². The minimum absolute atomic E-state index is 0.0119. The molecule has 1 aliphatic rings. The topological polar surface area (TPSA) is 68.2 Å². The monoisotopic (exact) mass is 338 g/mol. The van der Waals surface area contributed by atoms with Crippen LogP contribution in [0.5, 0.6) is 0 Å². The van der Waals surface area contributed by atoms with Crippen LogP contribution in [0.2, 0.25) is 10.6 Å². The summed E-state index contributed by atoms with van der Waals surface area (Å²) in [6.45, 7) is 0.176. The fourth-order valence-electron chi connectivity index (χ4n) is 1.94. The van der Waals surface area contributed by atoms with Crippen LogP contribution in [0.15, 0.2) is 30.3 Å². The van der Waals surface area contributed by atoms with Crippen molar-refractivity contribution < 1.29 is 9.53 Å². The van der Waals surface area contributed by atoms with Crippen molar-refractivity contribution in [3.8, 4) is 0 Å². The number of carbonyl (C=O) groups is 1. The highest BCUT2D eigenvalue weighted by Gasteiger charge is 2.37. The van der Waals surface area contributed by atoms with Crippen LogP contribution in [0.4, 0.5) is 10.7 Å². The maximum absolute atomic E-state index is 12.3. The van der Waals surface area contributed by atoms with E-state index in [2.05, 4.69) is 15.0 Å². The van der Waals surface area contributed by atoms with Gasteiger partial charge in [-0.3, -0.25) is 0 Å². The molecule has 0 unspecified atom stereocenters. The van der Waals surface area contributed by atoms with Gasteiger partial charge in [-0.2, -0.15) is 15.0 Å². The minimum atomic E-state index is -0.523. The van der Waals surface area contributed by atoms with Crippen LogP contribution in [0, 0.1) is 0 Å². The Hall–Kier alpha value is -1.92. The summed E-state index contributed by atoms with van der Waals surface area (Å²) in [5.41, 5.74) is 0.901. The fourth-order valence-corrected chi connectivity index (χ4v) is 2.29. The first kappa shape index (κ1) is 15.0. The summed E-state index contributed by atoms with van der Waals surface area (Å²) < 4.78 is 5.33. The number of rotatable bonds is 4. The molecule has 1 heterocycles. The summed E-state index contributed by atoms with van der Waals surface area (Å²) >= 11 is 11.5. The van der Waals surface area contributed by atoms with Gasteiger partial charge in [-0.1, -0.05) is 30.3 Å². The standard InChI is InChI=1S/C14H12Cl2N4O2/c15-11-17-12(16)19-13(18-11)20(10-6-7-10)14(21)22-8-9-4-2-1-3-5-9/h1-5,10H,6-8H2. The van der Waals surface area contributed by atoms with Crippen molar-refractivity contribution in [1.29, 1.82) is 0 Å². The quantitative estimate of drug-likeness (QED) is 0.853. The van der Waals surface area contributed by atoms with Gasteiger partial charge in [-0.15, -0.1) is 0 Å². The van der Waals surface area contributed by atoms with E-state index in [0.717, 1.165) is 18.4 Å². The highest BCUT2D eigenvalue weighted by Crippen LogP contribution is 2.31. The lowest BCUT2D eigenvalue weighted by Gasteiger charge is -2.19. The van der Waals surface area contributed by atoms with Crippen LogP contribution in [-0.4, -0.2) is 27.1 Å². The first-order chi connectivity index (χ1) is 10.6. The lowest BCUT2D eigenvalue weighted by Crippen LogP contribution is -2.35. The Morgan fingerprint density at radius 1 is 1.14 bits per heavy atom. The van der Waals surface area contributed by atoms with Crippen molar-refractivity contribution in [2.75, 3.05) is 4.90 Å². The van der Waals surface area contributed by atoms with Gasteiger partial charge in [0, 0.05) is 6.04 Å². The van der Waals surface area contributed by atoms with Gasteiger partial charge >= 0.3 is 6.09 Å². The molecule has 0 radical (unpaired) electrons. The summed E-state index contributed by atoms with van der Waals surface area (Å²) in [6, 6.07) is 9.44. The molecule has 8 heteroatoms. The molecule has 6 nitrogen and oxygen atoms in total. The van der Waals surface area contributed by atoms with E-state index < -0.39 is 6.09 Å². The van der Waals surface area contributed by atoms with Crippen molar-refractivity contribution in [3.63, 3.8) is 0 Å². The van der Waals surface area contributed by atoms with E-state index >= 15 is 0 Å². The number of benzene rings is 1. The third kappa shape index (κ3) is 3.64. The molecule has 1 fully saturated rings. The third-order valence-electron chi connectivity index (χ3n) is 3.10. The summed E-state index contributed by atoms with van der Waals surface area (Å²) in [5, 5.41) is -0.118. The maximum Gasteiger partial charge on any atom is 0.417 e. The number of hydrogen-bond donors (Lipinski definition) is 0. The number of amides is 1. The van der Waals surface area contributed by atoms with Crippen LogP contribution in [0.1, 0.15) is 18.4 Å². The van der Waals surface area contributed by atoms with Gasteiger partial charge in [0.2, 0.25) is 16.5 Å². The van der Waals surface area contributed by atoms with E-state index in [1.807, 2.05) is 30.3 Å². The van der Waals surface area contributed by atoms with Gasteiger partial charge < -0.3 is 4.74 Å². The maximum atomic E-state index is 12.3. The molecular weight excluding hydrogens is 327 g/mol. The van der Waals surface area contributed by atoms with Crippen molar-refractivity contribution in [1.82, 2.24) is 15.0 Å². The molecule has 0 aliphatic heterocycles. The summed E-state index contributed by atoms with van der Waals surface area (Å²) in [4.78, 5) is 25.3. The molecule has 0 spiro atoms. The Bertz CT molecular complexity index is 660. The Kier molecular flexibility index (Phi) is 4.40. The molecule has 22 heavy (non-hydrogen) atoms. The number of ether oxygens (including phenoxy) is 1. The number of aromatic nitrogens is 3. The van der Waals surface area contributed by atoms with E-state index in [1.165, 1.54) is 4.90 Å². The van der Waals surface area contributed by atoms with Crippen LogP contribution in [0.3, 0.4) is 0 Å². The minimum Gasteiger partial charge on any atom is -0.444 e. The van der Waals surface area contributed by atoms with E-state index in [1.54, 1.807) is 0 Å². The largest absolute Gasteiger partial charge is 0.444 e. The van der Waals surface area contributed by atoms with Crippen molar-refractivity contribution in [2.24, 2.45) is 0 Å². The lowest BCUT2D eigenvalue weighted by molar-refractivity contribution is 0.146. The third-order valence-corrected chi connectivity index (χ3v) is 3.44. The Balaban J connectivity index is 1.74. The molecule has 0 saturated heterocycles. The van der Waals surface area contributed by atoms with Gasteiger partial charge in [-0.05, 0) is 41.6 Å². The molecule has 1 aromatic heterocycles. The summed E-state index contributed by atoms with van der Waals surface area (Å²) in [5.74, 6) is 0.116. The van der Waals surface area contributed by atoms with Gasteiger partial charge in [0.1, 0.15) is 6.61 Å². The number of hydrogen-bond acceptors (Lipinski definition) is 5. The van der Waals surface area contributed by atoms with Crippen molar-refractivity contribution >= 4 is 35.2 Å². The van der Waals surface area contributed by atoms with Crippen LogP contribution >= 0.6 is 23.2 Å². The number of halogens is 2.